The highest BCUT2D eigenvalue weighted by atomic mass is 35.5. The van der Waals surface area contributed by atoms with Gasteiger partial charge in [0.15, 0.2) is 0 Å². The fraction of sp³-hybridized carbons (Fsp3) is 0.250. The van der Waals surface area contributed by atoms with Crippen LogP contribution in [0.2, 0.25) is 5.02 Å². The summed E-state index contributed by atoms with van der Waals surface area (Å²) in [6.45, 7) is 0.0888. The second kappa shape index (κ2) is 5.64. The topological polar surface area (TPSA) is 67.8 Å². The number of hydrogen-bond donors (Lipinski definition) is 1. The van der Waals surface area contributed by atoms with E-state index in [1.54, 1.807) is 18.2 Å². The molecule has 94 valence electrons. The van der Waals surface area contributed by atoms with Gasteiger partial charge in [0.05, 0.1) is 0 Å². The lowest BCUT2D eigenvalue weighted by Crippen LogP contribution is -2.30. The van der Waals surface area contributed by atoms with Crippen LogP contribution in [0.1, 0.15) is 18.4 Å². The van der Waals surface area contributed by atoms with Gasteiger partial charge in [-0.1, -0.05) is 29.8 Å². The fourth-order valence-corrected chi connectivity index (χ4v) is 1.65. The molecule has 0 radical (unpaired) electrons. The molecule has 1 aromatic carbocycles. The molecule has 1 aromatic rings. The van der Waals surface area contributed by atoms with E-state index in [2.05, 4.69) is 10.5 Å². The first-order chi connectivity index (χ1) is 8.66. The molecule has 2 rings (SSSR count). The molecule has 0 fully saturated rings. The minimum absolute atomic E-state index is 0.0888. The predicted molar refractivity (Wildman–Crippen MR) is 66.1 cm³/mol. The number of carbonyl (C=O) groups is 2. The molecule has 18 heavy (non-hydrogen) atoms. The molecule has 0 unspecified atom stereocenters. The van der Waals surface area contributed by atoms with E-state index in [0.29, 0.717) is 11.4 Å². The molecule has 6 heteroatoms. The van der Waals surface area contributed by atoms with Crippen molar-refractivity contribution < 1.29 is 14.3 Å². The number of nitrogens with zero attached hydrogens (tertiary/aromatic N) is 1. The number of ether oxygens (including phenoxy) is 1. The van der Waals surface area contributed by atoms with Gasteiger partial charge in [-0.25, -0.2) is 10.2 Å². The van der Waals surface area contributed by atoms with Crippen molar-refractivity contribution in [3.63, 3.8) is 0 Å². The summed E-state index contributed by atoms with van der Waals surface area (Å²) in [7, 11) is 0. The van der Waals surface area contributed by atoms with Gasteiger partial charge in [0.25, 0.3) is 0 Å². The lowest BCUT2D eigenvalue weighted by Gasteiger charge is -2.11. The average Bonchev–Trinajstić information content (AvgIpc) is 2.38. The molecule has 1 aliphatic heterocycles. The van der Waals surface area contributed by atoms with Gasteiger partial charge in [-0.05, 0) is 6.07 Å². The predicted octanol–water partition coefficient (Wildman–Crippen LogP) is 1.65. The molecule has 0 bridgehead atoms. The maximum atomic E-state index is 11.6. The molecular formula is C12H11ClN2O3. The van der Waals surface area contributed by atoms with Crippen molar-refractivity contribution in [3.05, 3.63) is 34.9 Å². The van der Waals surface area contributed by atoms with Gasteiger partial charge in [0.1, 0.15) is 12.3 Å². The number of benzene rings is 1. The van der Waals surface area contributed by atoms with Crippen LogP contribution in [-0.4, -0.2) is 17.6 Å². The van der Waals surface area contributed by atoms with E-state index >= 15 is 0 Å². The van der Waals surface area contributed by atoms with Crippen molar-refractivity contribution in [2.75, 3.05) is 0 Å². The molecule has 1 amide bonds. The number of halogens is 1. The molecule has 0 saturated heterocycles. The third kappa shape index (κ3) is 3.07. The minimum Gasteiger partial charge on any atom is -0.456 e. The van der Waals surface area contributed by atoms with Crippen LogP contribution in [0.15, 0.2) is 29.4 Å². The molecule has 0 aliphatic carbocycles. The Morgan fingerprint density at radius 2 is 2.17 bits per heavy atom. The van der Waals surface area contributed by atoms with Gasteiger partial charge in [-0.3, -0.25) is 4.79 Å². The smallest absolute Gasteiger partial charge is 0.354 e. The summed E-state index contributed by atoms with van der Waals surface area (Å²) in [6, 6.07) is 7.12. The van der Waals surface area contributed by atoms with Gasteiger partial charge < -0.3 is 4.74 Å². The van der Waals surface area contributed by atoms with Crippen molar-refractivity contribution in [2.45, 2.75) is 19.4 Å². The number of amides is 1. The molecule has 5 nitrogen and oxygen atoms in total. The monoisotopic (exact) mass is 266 g/mol. The normalized spacial score (nSPS) is 14.7. The number of hydrazone groups is 1. The zero-order chi connectivity index (χ0) is 13.0. The van der Waals surface area contributed by atoms with E-state index in [0.717, 1.165) is 5.56 Å². The Morgan fingerprint density at radius 3 is 2.83 bits per heavy atom. The van der Waals surface area contributed by atoms with Gasteiger partial charge >= 0.3 is 5.97 Å². The summed E-state index contributed by atoms with van der Waals surface area (Å²) < 4.78 is 5.08. The van der Waals surface area contributed by atoms with E-state index in [1.165, 1.54) is 0 Å². The van der Waals surface area contributed by atoms with Crippen molar-refractivity contribution >= 4 is 29.2 Å². The molecule has 0 saturated carbocycles. The summed E-state index contributed by atoms with van der Waals surface area (Å²) in [5.41, 5.74) is 3.20. The first-order valence-corrected chi connectivity index (χ1v) is 5.80. The largest absolute Gasteiger partial charge is 0.456 e. The van der Waals surface area contributed by atoms with E-state index in [-0.39, 0.29) is 24.6 Å². The van der Waals surface area contributed by atoms with Crippen LogP contribution in [0.4, 0.5) is 0 Å². The summed E-state index contributed by atoms with van der Waals surface area (Å²) in [5.74, 6) is -0.729. The van der Waals surface area contributed by atoms with Crippen molar-refractivity contribution in [3.8, 4) is 0 Å². The van der Waals surface area contributed by atoms with Crippen LogP contribution >= 0.6 is 11.6 Å². The maximum absolute atomic E-state index is 11.6. The summed E-state index contributed by atoms with van der Waals surface area (Å²) in [5, 5.41) is 4.20. The minimum atomic E-state index is -0.532. The summed E-state index contributed by atoms with van der Waals surface area (Å²) >= 11 is 5.93. The number of carbonyl (C=O) groups excluding carboxylic acids is 2. The quantitative estimate of drug-likeness (QED) is 0.846. The van der Waals surface area contributed by atoms with Crippen molar-refractivity contribution in [1.82, 2.24) is 5.43 Å². The lowest BCUT2D eigenvalue weighted by molar-refractivity contribution is -0.137. The van der Waals surface area contributed by atoms with Crippen LogP contribution < -0.4 is 5.43 Å². The summed E-state index contributed by atoms with van der Waals surface area (Å²) in [4.78, 5) is 22.5. The Hall–Kier alpha value is -1.88. The maximum Gasteiger partial charge on any atom is 0.354 e. The number of esters is 1. The Kier molecular flexibility index (Phi) is 3.94. The first-order valence-electron chi connectivity index (χ1n) is 5.43. The highest BCUT2D eigenvalue weighted by Crippen LogP contribution is 2.16. The second-order valence-corrected chi connectivity index (χ2v) is 4.17. The standard InChI is InChI=1S/C12H11ClN2O3/c13-9-4-2-1-3-8(9)7-18-12(17)10-5-6-11(16)15-14-10/h1-4H,5-7H2,(H,15,16). The zero-order valence-electron chi connectivity index (χ0n) is 9.48. The van der Waals surface area contributed by atoms with Crippen LogP contribution in [0.25, 0.3) is 0 Å². The lowest BCUT2D eigenvalue weighted by atomic mass is 10.2. The molecule has 1 aliphatic rings. The highest BCUT2D eigenvalue weighted by Gasteiger charge is 2.19. The van der Waals surface area contributed by atoms with E-state index < -0.39 is 5.97 Å². The Balaban J connectivity index is 1.93. The van der Waals surface area contributed by atoms with Gasteiger partial charge in [0, 0.05) is 23.4 Å². The molecule has 0 atom stereocenters. The zero-order valence-corrected chi connectivity index (χ0v) is 10.2. The summed E-state index contributed by atoms with van der Waals surface area (Å²) in [6.07, 6.45) is 0.549. The van der Waals surface area contributed by atoms with E-state index in [4.69, 9.17) is 16.3 Å². The van der Waals surface area contributed by atoms with Crippen LogP contribution in [0, 0.1) is 0 Å². The van der Waals surface area contributed by atoms with E-state index in [1.807, 2.05) is 6.07 Å². The SMILES string of the molecule is O=C1CCC(C(=O)OCc2ccccc2Cl)=NN1. The molecule has 1 heterocycles. The first kappa shape index (κ1) is 12.6. The second-order valence-electron chi connectivity index (χ2n) is 3.76. The fourth-order valence-electron chi connectivity index (χ4n) is 1.46. The highest BCUT2D eigenvalue weighted by molar-refractivity contribution is 6.37. The van der Waals surface area contributed by atoms with Gasteiger partial charge in [-0.2, -0.15) is 5.10 Å². The molecule has 0 spiro atoms. The number of nitrogens with one attached hydrogen (secondary N) is 1. The third-order valence-corrected chi connectivity index (χ3v) is 2.83. The molecule has 1 N–H and O–H groups in total. The molecular weight excluding hydrogens is 256 g/mol. The van der Waals surface area contributed by atoms with Crippen molar-refractivity contribution in [2.24, 2.45) is 5.10 Å². The Morgan fingerprint density at radius 1 is 1.39 bits per heavy atom. The average molecular weight is 267 g/mol. The van der Waals surface area contributed by atoms with Crippen molar-refractivity contribution in [1.29, 1.82) is 0 Å². The third-order valence-electron chi connectivity index (χ3n) is 2.46. The van der Waals surface area contributed by atoms with Crippen LogP contribution in [-0.2, 0) is 20.9 Å². The van der Waals surface area contributed by atoms with E-state index in [9.17, 15) is 9.59 Å². The number of hydrogen-bond acceptors (Lipinski definition) is 4. The number of rotatable bonds is 3. The Bertz CT molecular complexity index is 514. The van der Waals surface area contributed by atoms with Gasteiger partial charge in [-0.15, -0.1) is 0 Å². The van der Waals surface area contributed by atoms with Crippen LogP contribution in [0.3, 0.4) is 0 Å². The molecule has 0 aromatic heterocycles. The Labute approximate surface area is 109 Å². The van der Waals surface area contributed by atoms with Crippen LogP contribution in [0.5, 0.6) is 0 Å². The van der Waals surface area contributed by atoms with Gasteiger partial charge in [0.2, 0.25) is 5.91 Å².